The maximum absolute atomic E-state index is 13.5. The number of hydrogen-bond donors (Lipinski definition) is 0. The van der Waals surface area contributed by atoms with Gasteiger partial charge < -0.3 is 0 Å². The molecular weight excluding hydrogens is 775 g/mol. The maximum atomic E-state index is 13.5. The zero-order valence-electron chi connectivity index (χ0n) is 30.3. The number of rotatable bonds is 14. The quantitative estimate of drug-likeness (QED) is 0.141. The van der Waals surface area contributed by atoms with Crippen LogP contribution in [0.1, 0.15) is 64.4 Å². The number of esters is 7. The molecule has 0 amide bonds. The van der Waals surface area contributed by atoms with Crippen LogP contribution in [0.4, 0.5) is 0 Å². The average molecular weight is 818 g/mol. The van der Waals surface area contributed by atoms with Crippen molar-refractivity contribution in [3.8, 4) is 0 Å². The van der Waals surface area contributed by atoms with Gasteiger partial charge in [-0.25, -0.2) is 0 Å². The molecular formula is C34H42O18Se. The van der Waals surface area contributed by atoms with Crippen LogP contribution in [0.25, 0.3) is 0 Å². The van der Waals surface area contributed by atoms with E-state index >= 15 is 0 Å². The molecule has 0 unspecified atom stereocenters. The second-order valence-electron chi connectivity index (χ2n) is 11.9. The third-order valence-electron chi connectivity index (χ3n) is 7.40. The van der Waals surface area contributed by atoms with E-state index in [4.69, 9.17) is 47.4 Å². The molecule has 1 aromatic rings. The first-order valence-electron chi connectivity index (χ1n) is 16.2. The normalized spacial score (nSPS) is 28.0. The Hall–Kier alpha value is -4.42. The predicted molar refractivity (Wildman–Crippen MR) is 174 cm³/mol. The van der Waals surface area contributed by atoms with Crippen LogP contribution in [0.2, 0.25) is 0 Å². The number of hydrogen-bond acceptors (Lipinski definition) is 18. The van der Waals surface area contributed by atoms with Crippen LogP contribution in [-0.2, 0) is 80.9 Å². The molecule has 0 aromatic heterocycles. The van der Waals surface area contributed by atoms with Crippen molar-refractivity contribution in [2.24, 2.45) is 0 Å². The molecule has 0 aliphatic carbocycles. The monoisotopic (exact) mass is 818 g/mol. The number of carbonyl (C=O) groups excluding carboxylic acids is 8. The molecule has 2 aliphatic rings. The molecule has 0 radical (unpaired) electrons. The third kappa shape index (κ3) is 12.9. The molecule has 0 N–H and O–H groups in total. The third-order valence-corrected chi connectivity index (χ3v) is 9.62. The van der Waals surface area contributed by atoms with Crippen molar-refractivity contribution >= 4 is 61.4 Å². The molecule has 18 nitrogen and oxygen atoms in total. The molecule has 292 valence electrons. The summed E-state index contributed by atoms with van der Waals surface area (Å²) in [5.74, 6) is -5.92. The van der Waals surface area contributed by atoms with Crippen molar-refractivity contribution in [2.45, 2.75) is 116 Å². The first kappa shape index (κ1) is 43.0. The molecule has 0 saturated carbocycles. The molecule has 2 heterocycles. The van der Waals surface area contributed by atoms with E-state index in [2.05, 4.69) is 0 Å². The molecule has 2 aliphatic heterocycles. The Morgan fingerprint density at radius 3 is 1.42 bits per heavy atom. The molecule has 3 rings (SSSR count). The van der Waals surface area contributed by atoms with Crippen LogP contribution in [0, 0.1) is 6.92 Å². The zero-order chi connectivity index (χ0) is 39.6. The topological polar surface area (TPSA) is 229 Å². The Morgan fingerprint density at radius 1 is 0.528 bits per heavy atom. The Bertz CT molecular complexity index is 1530. The van der Waals surface area contributed by atoms with E-state index in [-0.39, 0.29) is 4.68 Å². The van der Waals surface area contributed by atoms with Gasteiger partial charge in [-0.05, 0) is 0 Å². The first-order chi connectivity index (χ1) is 24.9. The molecule has 2 saturated heterocycles. The van der Waals surface area contributed by atoms with Crippen molar-refractivity contribution in [3.05, 3.63) is 35.4 Å². The van der Waals surface area contributed by atoms with Gasteiger partial charge in [-0.3, -0.25) is 0 Å². The summed E-state index contributed by atoms with van der Waals surface area (Å²) in [6.07, 6.45) is -14.1. The van der Waals surface area contributed by atoms with E-state index in [9.17, 15) is 38.4 Å². The Labute approximate surface area is 310 Å². The molecule has 0 spiro atoms. The standard InChI is InChI=1S/C34H42O18Se/c1-15-9-11-23(12-10-15)32(42)53-34-31(49-22(8)41)29(47-20(6)39)27(25(51-34)14-44-17(3)36)52-33-30(48-21(7)40)28(46-19(5)38)26(45-18(4)37)24(50-33)13-43-16(2)35/h9-12,24-31,33-34H,13-14H2,1-8H3/t24-,25-,26+,27-,28+,29+,30-,31-,33+,34-/m1/s1. The number of ether oxygens (including phenoxy) is 10. The number of aryl methyl sites for hydroxylation is 1. The van der Waals surface area contributed by atoms with Crippen LogP contribution >= 0.6 is 0 Å². The van der Waals surface area contributed by atoms with Crippen LogP contribution < -0.4 is 0 Å². The molecule has 0 bridgehead atoms. The van der Waals surface area contributed by atoms with E-state index in [1.165, 1.54) is 0 Å². The van der Waals surface area contributed by atoms with Gasteiger partial charge in [-0.2, -0.15) is 0 Å². The van der Waals surface area contributed by atoms with Gasteiger partial charge in [-0.15, -0.1) is 0 Å². The van der Waals surface area contributed by atoms with E-state index < -0.39 is 130 Å². The van der Waals surface area contributed by atoms with Gasteiger partial charge in [0.15, 0.2) is 0 Å². The van der Waals surface area contributed by atoms with Crippen molar-refractivity contribution < 1.29 is 85.7 Å². The van der Waals surface area contributed by atoms with Crippen LogP contribution in [0.3, 0.4) is 0 Å². The van der Waals surface area contributed by atoms with Gasteiger partial charge in [-0.1, -0.05) is 0 Å². The summed E-state index contributed by atoms with van der Waals surface area (Å²) in [6.45, 7) is 8.18. The number of benzene rings is 1. The minimum atomic E-state index is -1.81. The fourth-order valence-electron chi connectivity index (χ4n) is 5.43. The van der Waals surface area contributed by atoms with Crippen molar-refractivity contribution in [1.82, 2.24) is 0 Å². The summed E-state index contributed by atoms with van der Waals surface area (Å²) in [6, 6.07) is 6.69. The Kier molecular flexibility index (Phi) is 15.9. The molecule has 19 heteroatoms. The molecule has 2 fully saturated rings. The van der Waals surface area contributed by atoms with E-state index in [1.807, 2.05) is 6.92 Å². The summed E-state index contributed by atoms with van der Waals surface area (Å²) >= 11 is -1.15. The second kappa shape index (κ2) is 19.6. The number of carbonyl (C=O) groups is 8. The summed E-state index contributed by atoms with van der Waals surface area (Å²) in [4.78, 5) is 99.3. The molecule has 1 aromatic carbocycles. The van der Waals surface area contributed by atoms with E-state index in [1.54, 1.807) is 24.3 Å². The Balaban J connectivity index is 2.16. The van der Waals surface area contributed by atoms with Crippen molar-refractivity contribution in [2.75, 3.05) is 13.2 Å². The van der Waals surface area contributed by atoms with Gasteiger partial charge in [0, 0.05) is 0 Å². The summed E-state index contributed by atoms with van der Waals surface area (Å²) < 4.78 is 56.3. The SMILES string of the molecule is CC(=O)OC[C@H]1O[C@@H](O[C@H]2[C@H](OC(C)=O)[C@@H](OC(C)=O)[C@@H]([Se]C(=O)c3ccc(C)cc3)O[C@@H]2COC(C)=O)[C@H](OC(C)=O)[C@@H](OC(C)=O)[C@H]1OC(C)=O. The first-order valence-corrected chi connectivity index (χ1v) is 18.1. The van der Waals surface area contributed by atoms with Crippen molar-refractivity contribution in [3.63, 3.8) is 0 Å². The molecule has 10 atom stereocenters. The predicted octanol–water partition coefficient (Wildman–Crippen LogP) is 0.459. The minimum absolute atomic E-state index is 0.331. The van der Waals surface area contributed by atoms with Crippen LogP contribution in [-0.4, -0.2) is 135 Å². The van der Waals surface area contributed by atoms with Crippen molar-refractivity contribution in [1.29, 1.82) is 0 Å². The fraction of sp³-hybridized carbons (Fsp3) is 0.588. The summed E-state index contributed by atoms with van der Waals surface area (Å²) in [7, 11) is 0. The fourth-order valence-corrected chi connectivity index (χ4v) is 7.58. The molecule has 53 heavy (non-hydrogen) atoms. The van der Waals surface area contributed by atoms with E-state index in [0.29, 0.717) is 5.56 Å². The van der Waals surface area contributed by atoms with Gasteiger partial charge >= 0.3 is 311 Å². The van der Waals surface area contributed by atoms with Gasteiger partial charge in [0.2, 0.25) is 0 Å². The average Bonchev–Trinajstić information content (AvgIpc) is 3.03. The second-order valence-corrected chi connectivity index (χ2v) is 14.2. The zero-order valence-corrected chi connectivity index (χ0v) is 32.0. The summed E-state index contributed by atoms with van der Waals surface area (Å²) in [5, 5.41) is -1.24. The van der Waals surface area contributed by atoms with Gasteiger partial charge in [0.25, 0.3) is 0 Å². The van der Waals surface area contributed by atoms with Gasteiger partial charge in [0.05, 0.1) is 0 Å². The van der Waals surface area contributed by atoms with Crippen LogP contribution in [0.5, 0.6) is 0 Å². The van der Waals surface area contributed by atoms with E-state index in [0.717, 1.165) is 54.0 Å². The summed E-state index contributed by atoms with van der Waals surface area (Å²) in [5.41, 5.74) is 1.23. The van der Waals surface area contributed by atoms with Gasteiger partial charge in [0.1, 0.15) is 0 Å². The van der Waals surface area contributed by atoms with Crippen LogP contribution in [0.15, 0.2) is 24.3 Å². The Morgan fingerprint density at radius 2 is 0.943 bits per heavy atom.